The van der Waals surface area contributed by atoms with Gasteiger partial charge < -0.3 is 10.5 Å². The van der Waals surface area contributed by atoms with Crippen LogP contribution in [0.1, 0.15) is 31.9 Å². The molecule has 1 aliphatic heterocycles. The molecule has 0 aliphatic carbocycles. The molecule has 0 amide bonds. The van der Waals surface area contributed by atoms with Crippen LogP contribution < -0.4 is 10.5 Å². The Morgan fingerprint density at radius 3 is 2.81 bits per heavy atom. The molecule has 1 aliphatic rings. The van der Waals surface area contributed by atoms with Crippen molar-refractivity contribution in [1.82, 2.24) is 0 Å². The fraction of sp³-hybridized carbons (Fsp3) is 0.462. The molecule has 3 nitrogen and oxygen atoms in total. The molecule has 0 spiro atoms. The highest BCUT2D eigenvalue weighted by Gasteiger charge is 2.15. The predicted molar refractivity (Wildman–Crippen MR) is 67.1 cm³/mol. The maximum Gasteiger partial charge on any atom is 0.142 e. The predicted octanol–water partition coefficient (Wildman–Crippen LogP) is 2.63. The minimum atomic E-state index is 0.141. The van der Waals surface area contributed by atoms with E-state index < -0.39 is 0 Å². The molecule has 0 unspecified atom stereocenters. The minimum Gasteiger partial charge on any atom is -0.491 e. The maximum absolute atomic E-state index is 5.94. The number of fused-ring (bicyclic) bond motifs is 1. The van der Waals surface area contributed by atoms with Gasteiger partial charge in [-0.1, -0.05) is 20.8 Å². The van der Waals surface area contributed by atoms with Crippen molar-refractivity contribution in [2.24, 2.45) is 10.4 Å². The Balaban J connectivity index is 2.17. The smallest absolute Gasteiger partial charge is 0.142 e. The topological polar surface area (TPSA) is 47.6 Å². The molecular formula is C13H18N2O. The summed E-state index contributed by atoms with van der Waals surface area (Å²) in [6.45, 7) is 7.82. The Morgan fingerprint density at radius 2 is 2.12 bits per heavy atom. The first-order valence-corrected chi connectivity index (χ1v) is 5.51. The van der Waals surface area contributed by atoms with Crippen molar-refractivity contribution in [3.8, 4) is 5.75 Å². The van der Waals surface area contributed by atoms with Crippen LogP contribution in [0.25, 0.3) is 0 Å². The van der Waals surface area contributed by atoms with Gasteiger partial charge in [-0.15, -0.1) is 0 Å². The summed E-state index contributed by atoms with van der Waals surface area (Å²) in [5, 5.41) is 0. The number of hydrogen-bond donors (Lipinski definition) is 1. The van der Waals surface area contributed by atoms with E-state index in [1.165, 1.54) is 5.56 Å². The Bertz CT molecular complexity index is 430. The second-order valence-corrected chi connectivity index (χ2v) is 5.41. The van der Waals surface area contributed by atoms with Gasteiger partial charge in [-0.25, -0.2) is 0 Å². The van der Waals surface area contributed by atoms with Gasteiger partial charge in [0.25, 0.3) is 0 Å². The molecule has 0 aromatic heterocycles. The number of anilines is 1. The molecule has 0 atom stereocenters. The minimum absolute atomic E-state index is 0.141. The summed E-state index contributed by atoms with van der Waals surface area (Å²) < 4.78 is 5.75. The van der Waals surface area contributed by atoms with E-state index in [1.807, 2.05) is 18.3 Å². The van der Waals surface area contributed by atoms with Gasteiger partial charge in [-0.05, 0) is 28.7 Å². The van der Waals surface area contributed by atoms with Crippen LogP contribution in [-0.4, -0.2) is 12.8 Å². The van der Waals surface area contributed by atoms with Gasteiger partial charge in [0.2, 0.25) is 0 Å². The van der Waals surface area contributed by atoms with E-state index in [2.05, 4.69) is 25.8 Å². The molecule has 16 heavy (non-hydrogen) atoms. The van der Waals surface area contributed by atoms with E-state index in [1.54, 1.807) is 0 Å². The number of rotatable bonds is 2. The second-order valence-electron chi connectivity index (χ2n) is 5.41. The molecule has 86 valence electrons. The summed E-state index contributed by atoms with van der Waals surface area (Å²) in [4.78, 5) is 4.21. The molecule has 0 radical (unpaired) electrons. The van der Waals surface area contributed by atoms with Gasteiger partial charge in [0.15, 0.2) is 0 Å². The largest absolute Gasteiger partial charge is 0.491 e. The first kappa shape index (κ1) is 11.0. The molecule has 0 saturated heterocycles. The number of hydrogen-bond acceptors (Lipinski definition) is 3. The third kappa shape index (κ3) is 2.35. The van der Waals surface area contributed by atoms with Gasteiger partial charge in [-0.2, -0.15) is 0 Å². The lowest BCUT2D eigenvalue weighted by Gasteiger charge is -2.20. The first-order chi connectivity index (χ1) is 7.46. The van der Waals surface area contributed by atoms with Crippen LogP contribution in [0, 0.1) is 5.41 Å². The summed E-state index contributed by atoms with van der Waals surface area (Å²) in [6, 6.07) is 3.94. The van der Waals surface area contributed by atoms with Crippen LogP contribution in [0.15, 0.2) is 17.1 Å². The van der Waals surface area contributed by atoms with Crippen LogP contribution >= 0.6 is 0 Å². The molecule has 3 heteroatoms. The Kier molecular flexibility index (Phi) is 2.62. The molecule has 2 rings (SSSR count). The Morgan fingerprint density at radius 1 is 1.38 bits per heavy atom. The zero-order valence-electron chi connectivity index (χ0n) is 10.1. The van der Waals surface area contributed by atoms with E-state index in [0.29, 0.717) is 12.3 Å². The Labute approximate surface area is 96.3 Å². The number of nitrogen functional groups attached to an aromatic ring is 1. The molecule has 1 aromatic carbocycles. The standard InChI is InChI=1S/C13H18N2O/c1-13(2,3)8-16-12-5-10-7-15-6-9(10)4-11(12)14/h4-6H,7-8,14H2,1-3H3. The van der Waals surface area contributed by atoms with Crippen molar-refractivity contribution >= 4 is 11.9 Å². The number of aliphatic imine (C=N–C) groups is 1. The third-order valence-electron chi connectivity index (χ3n) is 2.42. The lowest BCUT2D eigenvalue weighted by molar-refractivity contribution is 0.199. The summed E-state index contributed by atoms with van der Waals surface area (Å²) >= 11 is 0. The van der Waals surface area contributed by atoms with Crippen molar-refractivity contribution in [1.29, 1.82) is 0 Å². The number of nitrogens with two attached hydrogens (primary N) is 1. The Hall–Kier alpha value is -1.51. The molecule has 0 fully saturated rings. The fourth-order valence-electron chi connectivity index (χ4n) is 1.57. The van der Waals surface area contributed by atoms with E-state index in [9.17, 15) is 0 Å². The average Bonchev–Trinajstić information content (AvgIpc) is 2.59. The number of nitrogens with zero attached hydrogens (tertiary/aromatic N) is 1. The zero-order chi connectivity index (χ0) is 11.8. The molecule has 1 heterocycles. The summed E-state index contributed by atoms with van der Waals surface area (Å²) in [5.41, 5.74) is 9.07. The van der Waals surface area contributed by atoms with Crippen LogP contribution in [0.3, 0.4) is 0 Å². The highest BCUT2D eigenvalue weighted by atomic mass is 16.5. The second kappa shape index (κ2) is 3.81. The SMILES string of the molecule is CC(C)(C)COc1cc2c(cc1N)C=NC2. The molecule has 2 N–H and O–H groups in total. The van der Waals surface area contributed by atoms with Crippen LogP contribution in [0.2, 0.25) is 0 Å². The van der Waals surface area contributed by atoms with Crippen molar-refractivity contribution in [2.45, 2.75) is 27.3 Å². The molecule has 0 saturated carbocycles. The van der Waals surface area contributed by atoms with Gasteiger partial charge in [-0.3, -0.25) is 4.99 Å². The molecular weight excluding hydrogens is 200 g/mol. The first-order valence-electron chi connectivity index (χ1n) is 5.51. The normalized spacial score (nSPS) is 13.9. The van der Waals surface area contributed by atoms with Gasteiger partial charge >= 0.3 is 0 Å². The van der Waals surface area contributed by atoms with Crippen molar-refractivity contribution in [3.63, 3.8) is 0 Å². The van der Waals surface area contributed by atoms with Crippen molar-refractivity contribution < 1.29 is 4.74 Å². The summed E-state index contributed by atoms with van der Waals surface area (Å²) in [5.74, 6) is 0.777. The quantitative estimate of drug-likeness (QED) is 0.776. The highest BCUT2D eigenvalue weighted by Crippen LogP contribution is 2.29. The zero-order valence-corrected chi connectivity index (χ0v) is 10.1. The highest BCUT2D eigenvalue weighted by molar-refractivity contribution is 5.86. The number of benzene rings is 1. The average molecular weight is 218 g/mol. The van der Waals surface area contributed by atoms with Gasteiger partial charge in [0.05, 0.1) is 18.8 Å². The maximum atomic E-state index is 5.94. The van der Waals surface area contributed by atoms with Crippen molar-refractivity contribution in [2.75, 3.05) is 12.3 Å². The van der Waals surface area contributed by atoms with Gasteiger partial charge in [0.1, 0.15) is 5.75 Å². The molecule has 0 bridgehead atoms. The van der Waals surface area contributed by atoms with Crippen molar-refractivity contribution in [3.05, 3.63) is 23.3 Å². The van der Waals surface area contributed by atoms with E-state index in [-0.39, 0.29) is 5.41 Å². The summed E-state index contributed by atoms with van der Waals surface area (Å²) in [7, 11) is 0. The van der Waals surface area contributed by atoms with E-state index in [4.69, 9.17) is 10.5 Å². The van der Waals surface area contributed by atoms with E-state index in [0.717, 1.165) is 17.9 Å². The van der Waals surface area contributed by atoms with Crippen LogP contribution in [0.5, 0.6) is 5.75 Å². The summed E-state index contributed by atoms with van der Waals surface area (Å²) in [6.07, 6.45) is 1.86. The van der Waals surface area contributed by atoms with Crippen LogP contribution in [0.4, 0.5) is 5.69 Å². The van der Waals surface area contributed by atoms with E-state index >= 15 is 0 Å². The monoisotopic (exact) mass is 218 g/mol. The van der Waals surface area contributed by atoms with Gasteiger partial charge in [0, 0.05) is 6.21 Å². The number of ether oxygens (including phenoxy) is 1. The fourth-order valence-corrected chi connectivity index (χ4v) is 1.57. The van der Waals surface area contributed by atoms with Crippen LogP contribution in [-0.2, 0) is 6.54 Å². The molecule has 1 aromatic rings. The lowest BCUT2D eigenvalue weighted by atomic mass is 9.98. The third-order valence-corrected chi connectivity index (χ3v) is 2.42. The lowest BCUT2D eigenvalue weighted by Crippen LogP contribution is -2.17.